The average Bonchev–Trinajstić information content (AvgIpc) is 2.71. The highest BCUT2D eigenvalue weighted by molar-refractivity contribution is 7.92. The van der Waals surface area contributed by atoms with Crippen molar-refractivity contribution in [1.29, 1.82) is 0 Å². The molecular formula is C22H19Cl3N2O3S. The molecule has 0 saturated heterocycles. The lowest BCUT2D eigenvalue weighted by Gasteiger charge is -2.24. The van der Waals surface area contributed by atoms with Crippen molar-refractivity contribution in [3.8, 4) is 0 Å². The first-order valence-electron chi connectivity index (χ1n) is 9.18. The molecule has 0 saturated carbocycles. The zero-order chi connectivity index (χ0) is 22.8. The number of hydrogen-bond donors (Lipinski definition) is 1. The molecule has 1 N–H and O–H groups in total. The molecule has 162 valence electrons. The second-order valence-electron chi connectivity index (χ2n) is 6.94. The monoisotopic (exact) mass is 496 g/mol. The number of carbonyl (C=O) groups excluding carboxylic acids is 1. The molecule has 0 aromatic heterocycles. The Kier molecular flexibility index (Phi) is 7.17. The predicted molar refractivity (Wildman–Crippen MR) is 127 cm³/mol. The van der Waals surface area contributed by atoms with Gasteiger partial charge in [0, 0.05) is 10.7 Å². The van der Waals surface area contributed by atoms with Gasteiger partial charge in [0.15, 0.2) is 0 Å². The van der Waals surface area contributed by atoms with Gasteiger partial charge in [-0.1, -0.05) is 58.6 Å². The molecule has 0 bridgehead atoms. The van der Waals surface area contributed by atoms with Crippen molar-refractivity contribution in [2.75, 3.05) is 16.2 Å². The average molecular weight is 498 g/mol. The summed E-state index contributed by atoms with van der Waals surface area (Å²) in [6, 6.07) is 15.8. The number of hydrogen-bond acceptors (Lipinski definition) is 3. The van der Waals surface area contributed by atoms with Gasteiger partial charge in [-0.2, -0.15) is 0 Å². The minimum atomic E-state index is -4.06. The van der Waals surface area contributed by atoms with E-state index in [0.717, 1.165) is 15.4 Å². The van der Waals surface area contributed by atoms with Crippen LogP contribution in [0.25, 0.3) is 0 Å². The normalized spacial score (nSPS) is 11.3. The van der Waals surface area contributed by atoms with Crippen molar-refractivity contribution < 1.29 is 13.2 Å². The Morgan fingerprint density at radius 3 is 2.16 bits per heavy atom. The van der Waals surface area contributed by atoms with Gasteiger partial charge in [0.2, 0.25) is 5.91 Å². The second kappa shape index (κ2) is 9.49. The molecular weight excluding hydrogens is 479 g/mol. The van der Waals surface area contributed by atoms with Crippen LogP contribution in [-0.4, -0.2) is 20.9 Å². The topological polar surface area (TPSA) is 66.5 Å². The van der Waals surface area contributed by atoms with E-state index in [4.69, 9.17) is 34.8 Å². The molecule has 0 aliphatic rings. The lowest BCUT2D eigenvalue weighted by atomic mass is 10.2. The Labute approximate surface area is 196 Å². The van der Waals surface area contributed by atoms with Crippen molar-refractivity contribution in [1.82, 2.24) is 0 Å². The van der Waals surface area contributed by atoms with Crippen molar-refractivity contribution in [2.24, 2.45) is 0 Å². The maximum absolute atomic E-state index is 13.4. The van der Waals surface area contributed by atoms with E-state index in [0.29, 0.717) is 10.7 Å². The molecule has 0 unspecified atom stereocenters. The Bertz CT molecular complexity index is 1230. The highest BCUT2D eigenvalue weighted by Crippen LogP contribution is 2.30. The summed E-state index contributed by atoms with van der Waals surface area (Å²) in [5.74, 6) is -0.540. The number of carbonyl (C=O) groups is 1. The minimum Gasteiger partial charge on any atom is -0.324 e. The number of amides is 1. The molecule has 0 radical (unpaired) electrons. The van der Waals surface area contributed by atoms with Crippen LogP contribution in [0.5, 0.6) is 0 Å². The van der Waals surface area contributed by atoms with Crippen LogP contribution < -0.4 is 9.62 Å². The first-order chi connectivity index (χ1) is 14.6. The smallest absolute Gasteiger partial charge is 0.264 e. The number of nitrogens with one attached hydrogen (secondary N) is 1. The van der Waals surface area contributed by atoms with E-state index in [2.05, 4.69) is 5.32 Å². The maximum Gasteiger partial charge on any atom is 0.264 e. The highest BCUT2D eigenvalue weighted by atomic mass is 35.5. The van der Waals surface area contributed by atoms with Crippen molar-refractivity contribution >= 4 is 62.1 Å². The molecule has 3 rings (SSSR count). The van der Waals surface area contributed by atoms with Gasteiger partial charge in [0.25, 0.3) is 10.0 Å². The molecule has 1 amide bonds. The number of rotatable bonds is 6. The van der Waals surface area contributed by atoms with E-state index in [-0.39, 0.29) is 20.6 Å². The molecule has 0 aliphatic heterocycles. The fourth-order valence-corrected chi connectivity index (χ4v) is 4.68. The number of halogens is 3. The van der Waals surface area contributed by atoms with Crippen LogP contribution >= 0.6 is 34.8 Å². The summed E-state index contributed by atoms with van der Waals surface area (Å²) in [6.07, 6.45) is 0. The number of benzene rings is 3. The number of anilines is 2. The molecule has 0 aliphatic carbocycles. The molecule has 9 heteroatoms. The van der Waals surface area contributed by atoms with Crippen LogP contribution in [0.1, 0.15) is 11.1 Å². The molecule has 0 fully saturated rings. The van der Waals surface area contributed by atoms with Gasteiger partial charge >= 0.3 is 0 Å². The molecule has 3 aromatic carbocycles. The van der Waals surface area contributed by atoms with Crippen molar-refractivity contribution in [2.45, 2.75) is 18.7 Å². The second-order valence-corrected chi connectivity index (χ2v) is 10.0. The van der Waals surface area contributed by atoms with Crippen LogP contribution in [-0.2, 0) is 14.8 Å². The Balaban J connectivity index is 1.97. The summed E-state index contributed by atoms with van der Waals surface area (Å²) in [7, 11) is -4.06. The van der Waals surface area contributed by atoms with Gasteiger partial charge in [0.05, 0.1) is 20.6 Å². The number of nitrogens with zero attached hydrogens (tertiary/aromatic N) is 1. The van der Waals surface area contributed by atoms with E-state index < -0.39 is 22.5 Å². The summed E-state index contributed by atoms with van der Waals surface area (Å²) in [5, 5.41) is 3.62. The third-order valence-corrected chi connectivity index (χ3v) is 7.48. The van der Waals surface area contributed by atoms with E-state index >= 15 is 0 Å². The zero-order valence-electron chi connectivity index (χ0n) is 16.7. The number of aryl methyl sites for hydroxylation is 2. The molecule has 3 aromatic rings. The minimum absolute atomic E-state index is 0.0513. The standard InChI is InChI=1S/C22H19Cl3N2O3S/c1-14-3-8-18(9-4-14)31(29,30)27(17-7-10-19(23)21(25)12-17)13-22(28)26-16-6-5-15(2)20(24)11-16/h3-12H,13H2,1-2H3,(H,26,28). The van der Waals surface area contributed by atoms with Gasteiger partial charge in [-0.15, -0.1) is 0 Å². The maximum atomic E-state index is 13.4. The van der Waals surface area contributed by atoms with E-state index in [1.54, 1.807) is 30.3 Å². The van der Waals surface area contributed by atoms with E-state index in [1.807, 2.05) is 13.8 Å². The predicted octanol–water partition coefficient (Wildman–Crippen LogP) is 6.10. The third kappa shape index (κ3) is 5.52. The van der Waals surface area contributed by atoms with Gasteiger partial charge in [-0.25, -0.2) is 8.42 Å². The molecule has 31 heavy (non-hydrogen) atoms. The lowest BCUT2D eigenvalue weighted by Crippen LogP contribution is -2.38. The van der Waals surface area contributed by atoms with Crippen LogP contribution in [0, 0.1) is 13.8 Å². The van der Waals surface area contributed by atoms with Crippen LogP contribution in [0.3, 0.4) is 0 Å². The van der Waals surface area contributed by atoms with Gasteiger partial charge in [0.1, 0.15) is 6.54 Å². The fraction of sp³-hybridized carbons (Fsp3) is 0.136. The molecule has 0 heterocycles. The zero-order valence-corrected chi connectivity index (χ0v) is 19.8. The first-order valence-corrected chi connectivity index (χ1v) is 11.8. The van der Waals surface area contributed by atoms with E-state index in [1.165, 1.54) is 30.3 Å². The summed E-state index contributed by atoms with van der Waals surface area (Å²) in [5.41, 5.74) is 2.45. The van der Waals surface area contributed by atoms with Crippen LogP contribution in [0.2, 0.25) is 15.1 Å². The van der Waals surface area contributed by atoms with Crippen LogP contribution in [0.4, 0.5) is 11.4 Å². The molecule has 0 atom stereocenters. The quantitative estimate of drug-likeness (QED) is 0.447. The first kappa shape index (κ1) is 23.4. The Hall–Kier alpha value is -2.25. The van der Waals surface area contributed by atoms with Crippen LogP contribution in [0.15, 0.2) is 65.6 Å². The largest absolute Gasteiger partial charge is 0.324 e. The summed E-state index contributed by atoms with van der Waals surface area (Å²) >= 11 is 18.2. The molecule has 5 nitrogen and oxygen atoms in total. The Morgan fingerprint density at radius 1 is 0.871 bits per heavy atom. The molecule has 0 spiro atoms. The highest BCUT2D eigenvalue weighted by Gasteiger charge is 2.27. The summed E-state index contributed by atoms with van der Waals surface area (Å²) in [4.78, 5) is 12.8. The van der Waals surface area contributed by atoms with Crippen molar-refractivity contribution in [3.63, 3.8) is 0 Å². The number of sulfonamides is 1. The Morgan fingerprint density at radius 2 is 1.55 bits per heavy atom. The third-order valence-electron chi connectivity index (χ3n) is 4.54. The van der Waals surface area contributed by atoms with Gasteiger partial charge in [-0.05, 0) is 61.9 Å². The van der Waals surface area contributed by atoms with Gasteiger partial charge in [-0.3, -0.25) is 9.10 Å². The fourth-order valence-electron chi connectivity index (χ4n) is 2.79. The summed E-state index contributed by atoms with van der Waals surface area (Å²) in [6.45, 7) is 3.22. The SMILES string of the molecule is Cc1ccc(S(=O)(=O)N(CC(=O)Nc2ccc(C)c(Cl)c2)c2ccc(Cl)c(Cl)c2)cc1. The van der Waals surface area contributed by atoms with Gasteiger partial charge < -0.3 is 5.32 Å². The lowest BCUT2D eigenvalue weighted by molar-refractivity contribution is -0.114. The van der Waals surface area contributed by atoms with E-state index in [9.17, 15) is 13.2 Å². The summed E-state index contributed by atoms with van der Waals surface area (Å²) < 4.78 is 27.7. The van der Waals surface area contributed by atoms with Crippen molar-refractivity contribution in [3.05, 3.63) is 86.9 Å².